The summed E-state index contributed by atoms with van der Waals surface area (Å²) in [6, 6.07) is 8.27. The second-order valence-corrected chi connectivity index (χ2v) is 10.5. The van der Waals surface area contributed by atoms with Gasteiger partial charge in [0.2, 0.25) is 16.1 Å². The van der Waals surface area contributed by atoms with Crippen LogP contribution < -0.4 is 0 Å². The SMILES string of the molecule is CC(=O)OC(C(=O)N1[C@@H]2C[C@H]3CC[C@]2(CS1(=O)=O)C3(C)C)c1ccccc1. The fourth-order valence-corrected chi connectivity index (χ4v) is 8.29. The minimum atomic E-state index is -3.76. The molecule has 1 aromatic carbocycles. The van der Waals surface area contributed by atoms with Crippen LogP contribution >= 0.6 is 0 Å². The molecule has 2 saturated carbocycles. The Morgan fingerprint density at radius 2 is 1.89 bits per heavy atom. The van der Waals surface area contributed by atoms with E-state index in [1.54, 1.807) is 30.3 Å². The van der Waals surface area contributed by atoms with Crippen LogP contribution in [0.25, 0.3) is 0 Å². The first kappa shape index (κ1) is 18.5. The van der Waals surface area contributed by atoms with Crippen molar-refractivity contribution in [2.75, 3.05) is 5.75 Å². The van der Waals surface area contributed by atoms with Crippen LogP contribution in [-0.4, -0.2) is 36.4 Å². The van der Waals surface area contributed by atoms with E-state index in [-0.39, 0.29) is 17.2 Å². The summed E-state index contributed by atoms with van der Waals surface area (Å²) in [5.41, 5.74) is -0.0381. The smallest absolute Gasteiger partial charge is 0.303 e. The zero-order valence-electron chi connectivity index (χ0n) is 15.8. The highest BCUT2D eigenvalue weighted by molar-refractivity contribution is 7.90. The van der Waals surface area contributed by atoms with E-state index in [2.05, 4.69) is 13.8 Å². The number of ether oxygens (including phenoxy) is 1. The molecule has 2 bridgehead atoms. The van der Waals surface area contributed by atoms with Crippen molar-refractivity contribution in [3.05, 3.63) is 35.9 Å². The van der Waals surface area contributed by atoms with Gasteiger partial charge < -0.3 is 4.74 Å². The molecule has 1 amide bonds. The molecule has 27 heavy (non-hydrogen) atoms. The minimum absolute atomic E-state index is 0.00148. The van der Waals surface area contributed by atoms with Crippen LogP contribution in [0, 0.1) is 16.7 Å². The van der Waals surface area contributed by atoms with E-state index in [4.69, 9.17) is 4.74 Å². The van der Waals surface area contributed by atoms with Crippen molar-refractivity contribution in [1.82, 2.24) is 4.31 Å². The highest BCUT2D eigenvalue weighted by Crippen LogP contribution is 2.70. The van der Waals surface area contributed by atoms with Crippen LogP contribution in [0.4, 0.5) is 0 Å². The summed E-state index contributed by atoms with van der Waals surface area (Å²) in [6.45, 7) is 5.49. The van der Waals surface area contributed by atoms with Crippen molar-refractivity contribution in [1.29, 1.82) is 0 Å². The molecule has 1 aliphatic heterocycles. The molecule has 1 heterocycles. The summed E-state index contributed by atoms with van der Waals surface area (Å²) in [4.78, 5) is 25.0. The maximum Gasteiger partial charge on any atom is 0.303 e. The average molecular weight is 391 g/mol. The van der Waals surface area contributed by atoms with E-state index in [9.17, 15) is 18.0 Å². The van der Waals surface area contributed by atoms with Gasteiger partial charge in [0, 0.05) is 17.9 Å². The topological polar surface area (TPSA) is 80.8 Å². The van der Waals surface area contributed by atoms with E-state index in [0.717, 1.165) is 17.1 Å². The van der Waals surface area contributed by atoms with Gasteiger partial charge >= 0.3 is 5.97 Å². The molecule has 3 aliphatic rings. The maximum atomic E-state index is 13.4. The van der Waals surface area contributed by atoms with Crippen LogP contribution in [0.5, 0.6) is 0 Å². The summed E-state index contributed by atoms with van der Waals surface area (Å²) in [5, 5.41) is 0. The Morgan fingerprint density at radius 1 is 1.22 bits per heavy atom. The molecule has 3 fully saturated rings. The number of carbonyl (C=O) groups is 2. The lowest BCUT2D eigenvalue weighted by molar-refractivity contribution is -0.158. The Morgan fingerprint density at radius 3 is 2.48 bits per heavy atom. The van der Waals surface area contributed by atoms with Gasteiger partial charge in [-0.25, -0.2) is 12.7 Å². The van der Waals surface area contributed by atoms with Gasteiger partial charge in [-0.1, -0.05) is 44.2 Å². The lowest BCUT2D eigenvalue weighted by Crippen LogP contribution is -2.46. The Labute approximate surface area is 159 Å². The molecule has 1 unspecified atom stereocenters. The van der Waals surface area contributed by atoms with Gasteiger partial charge in [-0.15, -0.1) is 0 Å². The highest BCUT2D eigenvalue weighted by Gasteiger charge is 2.72. The molecule has 146 valence electrons. The van der Waals surface area contributed by atoms with Crippen molar-refractivity contribution in [3.8, 4) is 0 Å². The molecule has 1 spiro atoms. The van der Waals surface area contributed by atoms with Crippen molar-refractivity contribution >= 4 is 21.9 Å². The first-order valence-corrected chi connectivity index (χ1v) is 11.0. The number of rotatable bonds is 3. The third kappa shape index (κ3) is 2.47. The quantitative estimate of drug-likeness (QED) is 0.740. The van der Waals surface area contributed by atoms with Crippen LogP contribution in [0.1, 0.15) is 51.7 Å². The number of benzene rings is 1. The zero-order chi connectivity index (χ0) is 19.6. The Balaban J connectivity index is 1.75. The van der Waals surface area contributed by atoms with Gasteiger partial charge in [-0.3, -0.25) is 9.59 Å². The van der Waals surface area contributed by atoms with Crippen molar-refractivity contribution in [3.63, 3.8) is 0 Å². The van der Waals surface area contributed by atoms with Crippen LogP contribution in [0.2, 0.25) is 0 Å². The standard InChI is InChI=1S/C20H25NO5S/c1-13(22)26-17(14-7-5-4-6-8-14)18(23)21-16-11-15-9-10-20(16,19(15,2)3)12-27(21,24)25/h4-8,15-17H,9-12H2,1-3H3/t15-,16-,17?,20-/m1/s1. The normalized spacial score (nSPS) is 33.5. The molecule has 1 saturated heterocycles. The predicted molar refractivity (Wildman–Crippen MR) is 98.9 cm³/mol. The largest absolute Gasteiger partial charge is 0.447 e. The molecular formula is C20H25NO5S. The molecular weight excluding hydrogens is 366 g/mol. The van der Waals surface area contributed by atoms with Crippen molar-refractivity contribution in [2.45, 2.75) is 52.2 Å². The van der Waals surface area contributed by atoms with E-state index in [1.807, 2.05) is 0 Å². The van der Waals surface area contributed by atoms with Crippen LogP contribution in [0.15, 0.2) is 30.3 Å². The highest BCUT2D eigenvalue weighted by atomic mass is 32.2. The first-order valence-electron chi connectivity index (χ1n) is 9.38. The monoisotopic (exact) mass is 391 g/mol. The minimum Gasteiger partial charge on any atom is -0.447 e. The van der Waals surface area contributed by atoms with Crippen LogP contribution in [-0.2, 0) is 24.3 Å². The summed E-state index contributed by atoms with van der Waals surface area (Å²) >= 11 is 0. The Hall–Kier alpha value is -1.89. The number of nitrogens with zero attached hydrogens (tertiary/aromatic N) is 1. The van der Waals surface area contributed by atoms with Gasteiger partial charge in [-0.2, -0.15) is 0 Å². The van der Waals surface area contributed by atoms with Crippen molar-refractivity contribution < 1.29 is 22.7 Å². The molecule has 2 aliphatic carbocycles. The van der Waals surface area contributed by atoms with Gasteiger partial charge in [-0.05, 0) is 30.6 Å². The molecule has 4 rings (SSSR count). The number of carbonyl (C=O) groups excluding carboxylic acids is 2. The molecule has 4 atom stereocenters. The second kappa shape index (κ2) is 5.80. The fourth-order valence-electron chi connectivity index (χ4n) is 5.75. The van der Waals surface area contributed by atoms with E-state index < -0.39 is 33.4 Å². The number of amides is 1. The molecule has 0 radical (unpaired) electrons. The van der Waals surface area contributed by atoms with E-state index in [0.29, 0.717) is 17.9 Å². The number of esters is 1. The summed E-state index contributed by atoms with van der Waals surface area (Å²) in [6.07, 6.45) is 1.28. The third-order valence-electron chi connectivity index (χ3n) is 7.24. The average Bonchev–Trinajstić information content (AvgIpc) is 3.07. The van der Waals surface area contributed by atoms with Gasteiger partial charge in [0.05, 0.1) is 11.8 Å². The number of sulfonamides is 1. The molecule has 7 heteroatoms. The number of fused-ring (bicyclic) bond motifs is 1. The molecule has 1 aromatic rings. The Bertz CT molecular complexity index is 894. The van der Waals surface area contributed by atoms with Gasteiger partial charge in [0.25, 0.3) is 5.91 Å². The lowest BCUT2D eigenvalue weighted by Gasteiger charge is -2.37. The van der Waals surface area contributed by atoms with Crippen LogP contribution in [0.3, 0.4) is 0 Å². The van der Waals surface area contributed by atoms with E-state index in [1.165, 1.54) is 6.92 Å². The van der Waals surface area contributed by atoms with E-state index >= 15 is 0 Å². The Kier molecular flexibility index (Phi) is 3.97. The molecule has 0 aromatic heterocycles. The summed E-state index contributed by atoms with van der Waals surface area (Å²) < 4.78 is 32.5. The summed E-state index contributed by atoms with van der Waals surface area (Å²) in [7, 11) is -3.76. The number of hydrogen-bond donors (Lipinski definition) is 0. The first-order chi connectivity index (χ1) is 12.6. The molecule has 6 nitrogen and oxygen atoms in total. The number of hydrogen-bond acceptors (Lipinski definition) is 5. The molecule has 0 N–H and O–H groups in total. The maximum absolute atomic E-state index is 13.4. The summed E-state index contributed by atoms with van der Waals surface area (Å²) in [5.74, 6) is -0.850. The van der Waals surface area contributed by atoms with Gasteiger partial charge in [0.1, 0.15) is 0 Å². The third-order valence-corrected chi connectivity index (χ3v) is 9.15. The second-order valence-electron chi connectivity index (χ2n) is 8.66. The lowest BCUT2D eigenvalue weighted by atomic mass is 9.69. The zero-order valence-corrected chi connectivity index (χ0v) is 16.7. The fraction of sp³-hybridized carbons (Fsp3) is 0.600. The van der Waals surface area contributed by atoms with Gasteiger partial charge in [0.15, 0.2) is 0 Å². The predicted octanol–water partition coefficient (Wildman–Crippen LogP) is 2.66. The van der Waals surface area contributed by atoms with Crippen molar-refractivity contribution in [2.24, 2.45) is 16.7 Å².